The van der Waals surface area contributed by atoms with Crippen LogP contribution in [0.4, 0.5) is 5.82 Å². The van der Waals surface area contributed by atoms with Gasteiger partial charge in [0.25, 0.3) is 0 Å². The molecule has 2 aromatic heterocycles. The molecule has 0 amide bonds. The largest absolute Gasteiger partial charge is 0.456 e. The predicted octanol–water partition coefficient (Wildman–Crippen LogP) is 4.52. The Kier molecular flexibility index (Phi) is 9.46. The fourth-order valence-electron chi connectivity index (χ4n) is 4.84. The van der Waals surface area contributed by atoms with E-state index in [0.29, 0.717) is 11.2 Å². The smallest absolute Gasteiger partial charge is 0.455 e. The summed E-state index contributed by atoms with van der Waals surface area (Å²) in [5, 5.41) is 4.31. The molecule has 1 unspecified atom stereocenters. The van der Waals surface area contributed by atoms with E-state index in [9.17, 15) is 14.2 Å². The Hall–Kier alpha value is -3.51. The molecule has 1 aromatic carbocycles. The highest BCUT2D eigenvalue weighted by Gasteiger charge is 2.59. The second-order valence-corrected chi connectivity index (χ2v) is 14.2. The van der Waals surface area contributed by atoms with Gasteiger partial charge in [-0.1, -0.05) is 60.6 Å². The molecule has 14 heteroatoms. The minimum absolute atomic E-state index is 0.0883. The summed E-state index contributed by atoms with van der Waals surface area (Å²) in [6.45, 7) is 14.2. The van der Waals surface area contributed by atoms with E-state index in [1.165, 1.54) is 10.8 Å². The van der Waals surface area contributed by atoms with Crippen molar-refractivity contribution in [2.24, 2.45) is 17.3 Å². The van der Waals surface area contributed by atoms with Crippen molar-refractivity contribution in [3.63, 3.8) is 0 Å². The van der Waals surface area contributed by atoms with Gasteiger partial charge in [-0.25, -0.2) is 19.6 Å². The second kappa shape index (κ2) is 12.5. The highest BCUT2D eigenvalue weighted by atomic mass is 31.2. The Bertz CT molecular complexity index is 1550. The van der Waals surface area contributed by atoms with Crippen LogP contribution in [0.25, 0.3) is 5.52 Å². The number of hydrogen-bond acceptors (Lipinski definition) is 11. The van der Waals surface area contributed by atoms with Crippen molar-refractivity contribution in [3.8, 4) is 5.75 Å². The first-order valence-corrected chi connectivity index (χ1v) is 16.0. The Morgan fingerprint density at radius 1 is 1.05 bits per heavy atom. The number of ether oxygens (including phenoxy) is 3. The first-order chi connectivity index (χ1) is 20.4. The van der Waals surface area contributed by atoms with Crippen LogP contribution in [0.1, 0.15) is 66.6 Å². The molecule has 0 spiro atoms. The fourth-order valence-corrected chi connectivity index (χ4v) is 5.66. The third-order valence-corrected chi connectivity index (χ3v) is 8.38. The number of hydrogen-bond donors (Lipinski definition) is 2. The Labute approximate surface area is 257 Å². The topological polar surface area (TPSA) is 180 Å². The zero-order valence-electron chi connectivity index (χ0n) is 26.3. The van der Waals surface area contributed by atoms with Crippen molar-refractivity contribution in [2.45, 2.75) is 84.7 Å². The van der Waals surface area contributed by atoms with Gasteiger partial charge < -0.3 is 24.5 Å². The van der Waals surface area contributed by atoms with Gasteiger partial charge in [0.05, 0.1) is 24.1 Å². The molecule has 1 aliphatic rings. The number of fused-ring (bicyclic) bond motifs is 1. The van der Waals surface area contributed by atoms with Crippen LogP contribution in [0.5, 0.6) is 5.75 Å². The molecule has 1 saturated heterocycles. The van der Waals surface area contributed by atoms with Crippen LogP contribution in [-0.4, -0.2) is 51.5 Å². The predicted molar refractivity (Wildman–Crippen MR) is 163 cm³/mol. The zero-order chi connectivity index (χ0) is 32.6. The van der Waals surface area contributed by atoms with E-state index in [2.05, 4.69) is 30.9 Å². The number of anilines is 1. The van der Waals surface area contributed by atoms with Gasteiger partial charge in [0.2, 0.25) is 0 Å². The summed E-state index contributed by atoms with van der Waals surface area (Å²) >= 11 is 0. The molecule has 4 rings (SSSR count). The van der Waals surface area contributed by atoms with Gasteiger partial charge in [-0.3, -0.25) is 14.1 Å². The summed E-state index contributed by atoms with van der Waals surface area (Å²) in [5.74, 6) is -1.63. The van der Waals surface area contributed by atoms with Crippen LogP contribution in [-0.2, 0) is 43.9 Å². The van der Waals surface area contributed by atoms with Crippen LogP contribution in [0.3, 0.4) is 0 Å². The lowest BCUT2D eigenvalue weighted by Crippen LogP contribution is -2.46. The number of rotatable bonds is 10. The Balaban J connectivity index is 1.67. The molecule has 1 aliphatic heterocycles. The summed E-state index contributed by atoms with van der Waals surface area (Å²) in [4.78, 5) is 29.9. The summed E-state index contributed by atoms with van der Waals surface area (Å²) in [5.41, 5.74) is 12.5. The van der Waals surface area contributed by atoms with Crippen LogP contribution in [0, 0.1) is 11.8 Å². The standard InChI is InChI=1S/C30H42N5O8P/c1-17(2)27(36)40-24-22(15-39-44(32,38)43-20-11-9-19(10-12-20)29(5,6)7)42-30(8,25(24)41-28(37)18(3)4)23-14-13-21-26(31)33-16-34-35(21)23/h9-14,16-18,22,24-25H,15H2,1-8H3,(H2,32,38)(H2,31,33,34)/t22-,24-,25-,30+,44?/m1/s1. The van der Waals surface area contributed by atoms with Crippen LogP contribution in [0.15, 0.2) is 42.7 Å². The van der Waals surface area contributed by atoms with Crippen molar-refractivity contribution >= 4 is 31.0 Å². The van der Waals surface area contributed by atoms with E-state index in [-0.39, 0.29) is 17.0 Å². The molecule has 1 fully saturated rings. The van der Waals surface area contributed by atoms with Crippen molar-refractivity contribution in [1.82, 2.24) is 14.6 Å². The molecule has 3 heterocycles. The Morgan fingerprint density at radius 2 is 1.66 bits per heavy atom. The molecule has 0 saturated carbocycles. The first kappa shape index (κ1) is 33.4. The number of benzene rings is 1. The van der Waals surface area contributed by atoms with Gasteiger partial charge in [-0.05, 0) is 42.2 Å². The number of nitrogen functional groups attached to an aromatic ring is 1. The van der Waals surface area contributed by atoms with Crippen molar-refractivity contribution in [1.29, 1.82) is 0 Å². The average Bonchev–Trinajstić information content (AvgIpc) is 3.48. The third kappa shape index (κ3) is 7.07. The molecule has 0 bridgehead atoms. The quantitative estimate of drug-likeness (QED) is 0.236. The number of nitrogens with two attached hydrogens (primary N) is 2. The van der Waals surface area contributed by atoms with Crippen LogP contribution in [0.2, 0.25) is 0 Å². The van der Waals surface area contributed by atoms with E-state index in [1.54, 1.807) is 58.9 Å². The third-order valence-electron chi connectivity index (χ3n) is 7.40. The maximum Gasteiger partial charge on any atom is 0.456 e. The second-order valence-electron chi connectivity index (χ2n) is 12.7. The molecule has 0 radical (unpaired) electrons. The molecule has 44 heavy (non-hydrogen) atoms. The molecule has 4 N–H and O–H groups in total. The molecular weight excluding hydrogens is 589 g/mol. The van der Waals surface area contributed by atoms with Crippen molar-refractivity contribution in [2.75, 3.05) is 12.3 Å². The number of aromatic nitrogens is 3. The van der Waals surface area contributed by atoms with Crippen LogP contribution >= 0.6 is 7.75 Å². The molecule has 0 aliphatic carbocycles. The summed E-state index contributed by atoms with van der Waals surface area (Å²) in [6.07, 6.45) is -2.13. The summed E-state index contributed by atoms with van der Waals surface area (Å²) in [6, 6.07) is 10.4. The summed E-state index contributed by atoms with van der Waals surface area (Å²) in [7, 11) is -4.18. The van der Waals surface area contributed by atoms with Gasteiger partial charge in [0.1, 0.15) is 29.3 Å². The summed E-state index contributed by atoms with van der Waals surface area (Å²) < 4.78 is 44.2. The van der Waals surface area contributed by atoms with E-state index in [4.69, 9.17) is 34.5 Å². The molecule has 240 valence electrons. The van der Waals surface area contributed by atoms with Gasteiger partial charge in [0, 0.05) is 0 Å². The maximum atomic E-state index is 13.3. The van der Waals surface area contributed by atoms with Crippen molar-refractivity contribution in [3.05, 3.63) is 54.0 Å². The van der Waals surface area contributed by atoms with Crippen LogP contribution < -0.4 is 15.8 Å². The lowest BCUT2D eigenvalue weighted by Gasteiger charge is -2.31. The van der Waals surface area contributed by atoms with E-state index in [0.717, 1.165) is 5.56 Å². The SMILES string of the molecule is CC(C)C(=O)O[C@H]1[C@@H](OC(=O)C(C)C)[C@](C)(c2ccc3c(N)ncnn23)O[C@@H]1COP(N)(=O)Oc1ccc(C(C)(C)C)cc1. The normalized spacial score (nSPS) is 23.6. The monoisotopic (exact) mass is 631 g/mol. The molecule has 13 nitrogen and oxygen atoms in total. The molecule has 3 aromatic rings. The lowest BCUT2D eigenvalue weighted by atomic mass is 9.87. The van der Waals surface area contributed by atoms with Crippen molar-refractivity contribution < 1.29 is 37.4 Å². The van der Waals surface area contributed by atoms with E-state index >= 15 is 0 Å². The average molecular weight is 632 g/mol. The van der Waals surface area contributed by atoms with Gasteiger partial charge in [-0.15, -0.1) is 0 Å². The number of carbonyl (C=O) groups is 2. The lowest BCUT2D eigenvalue weighted by molar-refractivity contribution is -0.175. The highest BCUT2D eigenvalue weighted by molar-refractivity contribution is 7.51. The fraction of sp³-hybridized carbons (Fsp3) is 0.533. The Morgan fingerprint density at radius 3 is 2.25 bits per heavy atom. The minimum atomic E-state index is -4.18. The minimum Gasteiger partial charge on any atom is -0.455 e. The van der Waals surface area contributed by atoms with Gasteiger partial charge in [0.15, 0.2) is 18.0 Å². The van der Waals surface area contributed by atoms with E-state index in [1.807, 2.05) is 12.1 Å². The van der Waals surface area contributed by atoms with Gasteiger partial charge in [-0.2, -0.15) is 5.10 Å². The highest BCUT2D eigenvalue weighted by Crippen LogP contribution is 2.46. The zero-order valence-corrected chi connectivity index (χ0v) is 27.2. The maximum absolute atomic E-state index is 13.3. The van der Waals surface area contributed by atoms with E-state index < -0.39 is 62.0 Å². The number of esters is 2. The van der Waals surface area contributed by atoms with Gasteiger partial charge >= 0.3 is 19.7 Å². The molecule has 5 atom stereocenters. The molecular formula is C30H42N5O8P. The number of nitrogens with zero attached hydrogens (tertiary/aromatic N) is 3. The first-order valence-electron chi connectivity index (χ1n) is 14.4. The number of carbonyl (C=O) groups excluding carboxylic acids is 2.